The van der Waals surface area contributed by atoms with Gasteiger partial charge in [0.05, 0.1) is 18.9 Å². The van der Waals surface area contributed by atoms with Gasteiger partial charge in [-0.05, 0) is 26.3 Å². The third-order valence-electron chi connectivity index (χ3n) is 3.88. The summed E-state index contributed by atoms with van der Waals surface area (Å²) in [4.78, 5) is 4.57. The number of nitrogens with one attached hydrogen (secondary N) is 2. The summed E-state index contributed by atoms with van der Waals surface area (Å²) in [5.74, 6) is 1.77. The van der Waals surface area contributed by atoms with Gasteiger partial charge in [0.15, 0.2) is 5.96 Å². The first-order chi connectivity index (χ1) is 12.1. The second kappa shape index (κ2) is 9.62. The summed E-state index contributed by atoms with van der Waals surface area (Å²) in [7, 11) is -3.05. The van der Waals surface area contributed by atoms with Crippen molar-refractivity contribution in [3.63, 3.8) is 0 Å². The quantitative estimate of drug-likeness (QED) is 0.532. The largest absolute Gasteiger partial charge is 0.494 e. The normalized spacial score (nSPS) is 17.4. The Labute approximate surface area is 150 Å². The zero-order chi connectivity index (χ0) is 18.1. The molecule has 0 bridgehead atoms. The predicted molar refractivity (Wildman–Crippen MR) is 100 cm³/mol. The van der Waals surface area contributed by atoms with Gasteiger partial charge in [-0.2, -0.15) is 0 Å². The zero-order valence-electron chi connectivity index (χ0n) is 15.0. The Morgan fingerprint density at radius 2 is 2.08 bits per heavy atom. The second-order valence-corrected chi connectivity index (χ2v) is 7.82. The first-order valence-corrected chi connectivity index (χ1v) is 10.4. The Hall–Kier alpha value is -1.80. The van der Waals surface area contributed by atoms with Crippen molar-refractivity contribution in [2.75, 3.05) is 38.5 Å². The lowest BCUT2D eigenvalue weighted by molar-refractivity contribution is 0.336. The van der Waals surface area contributed by atoms with E-state index in [9.17, 15) is 8.42 Å². The Morgan fingerprint density at radius 1 is 1.28 bits per heavy atom. The topological polar surface area (TPSA) is 83.0 Å². The fourth-order valence-corrected chi connectivity index (χ4v) is 4.21. The molecule has 0 radical (unpaired) electrons. The van der Waals surface area contributed by atoms with E-state index >= 15 is 0 Å². The average molecular weight is 369 g/mol. The third kappa shape index (κ3) is 5.89. The van der Waals surface area contributed by atoms with Crippen LogP contribution in [0.4, 0.5) is 0 Å². The van der Waals surface area contributed by atoms with Gasteiger partial charge in [0.25, 0.3) is 0 Å². The Kier molecular flexibility index (Phi) is 7.52. The van der Waals surface area contributed by atoms with E-state index in [-0.39, 0.29) is 5.75 Å². The molecule has 25 heavy (non-hydrogen) atoms. The fraction of sp³-hybridized carbons (Fsp3) is 0.588. The molecular weight excluding hydrogens is 340 g/mol. The molecule has 2 rings (SSSR count). The minimum Gasteiger partial charge on any atom is -0.494 e. The smallest absolute Gasteiger partial charge is 0.214 e. The molecule has 7 nitrogen and oxygen atoms in total. The van der Waals surface area contributed by atoms with Crippen molar-refractivity contribution >= 4 is 16.0 Å². The highest BCUT2D eigenvalue weighted by molar-refractivity contribution is 7.89. The van der Waals surface area contributed by atoms with Crippen molar-refractivity contribution in [2.45, 2.75) is 26.8 Å². The molecule has 1 aliphatic rings. The number of rotatable bonds is 8. The molecule has 140 valence electrons. The minimum absolute atomic E-state index is 0.259. The van der Waals surface area contributed by atoms with Crippen LogP contribution in [0.15, 0.2) is 29.3 Å². The summed E-state index contributed by atoms with van der Waals surface area (Å²) >= 11 is 0. The molecule has 1 heterocycles. The highest BCUT2D eigenvalue weighted by atomic mass is 32.2. The number of para-hydroxylation sites is 1. The van der Waals surface area contributed by atoms with Crippen LogP contribution in [0.5, 0.6) is 5.75 Å². The molecule has 1 saturated heterocycles. The lowest BCUT2D eigenvalue weighted by Crippen LogP contribution is -2.42. The monoisotopic (exact) mass is 368 g/mol. The average Bonchev–Trinajstić information content (AvgIpc) is 2.92. The van der Waals surface area contributed by atoms with Crippen molar-refractivity contribution in [3.05, 3.63) is 29.8 Å². The number of nitrogens with zero attached hydrogens (tertiary/aromatic N) is 2. The molecule has 1 aromatic carbocycles. The van der Waals surface area contributed by atoms with Gasteiger partial charge >= 0.3 is 0 Å². The van der Waals surface area contributed by atoms with Crippen LogP contribution in [-0.2, 0) is 16.6 Å². The van der Waals surface area contributed by atoms with E-state index in [2.05, 4.69) is 15.6 Å². The summed E-state index contributed by atoms with van der Waals surface area (Å²) in [6.07, 6.45) is 0.713. The summed E-state index contributed by atoms with van der Waals surface area (Å²) in [5.41, 5.74) is 1.02. The molecule has 0 atom stereocenters. The maximum absolute atomic E-state index is 11.8. The van der Waals surface area contributed by atoms with Crippen molar-refractivity contribution in [1.29, 1.82) is 0 Å². The van der Waals surface area contributed by atoms with E-state index in [0.29, 0.717) is 45.2 Å². The number of benzene rings is 1. The van der Waals surface area contributed by atoms with Crippen molar-refractivity contribution in [3.8, 4) is 5.75 Å². The van der Waals surface area contributed by atoms with Gasteiger partial charge in [0.1, 0.15) is 5.75 Å². The van der Waals surface area contributed by atoms with Crippen molar-refractivity contribution in [2.24, 2.45) is 4.99 Å². The van der Waals surface area contributed by atoms with Gasteiger partial charge < -0.3 is 15.4 Å². The van der Waals surface area contributed by atoms with Gasteiger partial charge in [-0.3, -0.25) is 0 Å². The lowest BCUT2D eigenvalue weighted by atomic mass is 10.2. The Morgan fingerprint density at radius 3 is 2.76 bits per heavy atom. The molecular formula is C17H28N4O3S. The fourth-order valence-electron chi connectivity index (χ4n) is 2.68. The molecule has 0 aliphatic carbocycles. The van der Waals surface area contributed by atoms with Crippen LogP contribution in [0.1, 0.15) is 25.8 Å². The van der Waals surface area contributed by atoms with Crippen molar-refractivity contribution < 1.29 is 13.2 Å². The molecule has 1 aromatic rings. The molecule has 1 fully saturated rings. The van der Waals surface area contributed by atoms with Crippen LogP contribution >= 0.6 is 0 Å². The molecule has 8 heteroatoms. The van der Waals surface area contributed by atoms with E-state index in [1.165, 1.54) is 4.31 Å². The number of aliphatic imine (C=N–C) groups is 1. The van der Waals surface area contributed by atoms with Crippen molar-refractivity contribution in [1.82, 2.24) is 14.9 Å². The molecule has 0 spiro atoms. The number of ether oxygens (including phenoxy) is 1. The van der Waals surface area contributed by atoms with Crippen LogP contribution in [0.2, 0.25) is 0 Å². The van der Waals surface area contributed by atoms with Gasteiger partial charge in [-0.25, -0.2) is 17.7 Å². The van der Waals surface area contributed by atoms with Gasteiger partial charge in [-0.15, -0.1) is 0 Å². The van der Waals surface area contributed by atoms with E-state index < -0.39 is 10.0 Å². The van der Waals surface area contributed by atoms with Gasteiger partial charge in [0.2, 0.25) is 10.0 Å². The van der Waals surface area contributed by atoms with Crippen LogP contribution < -0.4 is 15.4 Å². The number of hydrogen-bond donors (Lipinski definition) is 2. The summed E-state index contributed by atoms with van der Waals surface area (Å²) in [6, 6.07) is 7.84. The molecule has 2 N–H and O–H groups in total. The van der Waals surface area contributed by atoms with E-state index in [1.807, 2.05) is 38.1 Å². The highest BCUT2D eigenvalue weighted by Gasteiger charge is 2.27. The SMILES string of the molecule is CCNC(=NCc1ccccc1OCC)NCCN1CCCS1(=O)=O. The second-order valence-electron chi connectivity index (χ2n) is 5.73. The lowest BCUT2D eigenvalue weighted by Gasteiger charge is -2.16. The van der Waals surface area contributed by atoms with E-state index in [0.717, 1.165) is 17.9 Å². The van der Waals surface area contributed by atoms with Crippen LogP contribution in [0.25, 0.3) is 0 Å². The van der Waals surface area contributed by atoms with E-state index in [1.54, 1.807) is 0 Å². The minimum atomic E-state index is -3.05. The number of guanidine groups is 1. The highest BCUT2D eigenvalue weighted by Crippen LogP contribution is 2.18. The first kappa shape index (κ1) is 19.5. The number of hydrogen-bond acceptors (Lipinski definition) is 4. The molecule has 1 aliphatic heterocycles. The molecule has 0 unspecified atom stereocenters. The molecule has 0 amide bonds. The number of sulfonamides is 1. The van der Waals surface area contributed by atoms with Gasteiger partial charge in [-0.1, -0.05) is 18.2 Å². The zero-order valence-corrected chi connectivity index (χ0v) is 15.8. The Balaban J connectivity index is 1.92. The maximum Gasteiger partial charge on any atom is 0.214 e. The van der Waals surface area contributed by atoms with Gasteiger partial charge in [0, 0.05) is 31.7 Å². The summed E-state index contributed by atoms with van der Waals surface area (Å²) < 4.78 is 30.8. The predicted octanol–water partition coefficient (Wildman–Crippen LogP) is 1.18. The van der Waals surface area contributed by atoms with Crippen LogP contribution in [-0.4, -0.2) is 57.2 Å². The van der Waals surface area contributed by atoms with Crippen LogP contribution in [0, 0.1) is 0 Å². The van der Waals surface area contributed by atoms with E-state index in [4.69, 9.17) is 4.74 Å². The summed E-state index contributed by atoms with van der Waals surface area (Å²) in [5, 5.41) is 6.38. The molecule has 0 saturated carbocycles. The van der Waals surface area contributed by atoms with Crippen LogP contribution in [0.3, 0.4) is 0 Å². The third-order valence-corrected chi connectivity index (χ3v) is 5.84. The first-order valence-electron chi connectivity index (χ1n) is 8.77. The standard InChI is InChI=1S/C17H28N4O3S/c1-3-18-17(19-10-12-21-11-7-13-25(21,22)23)20-14-15-8-5-6-9-16(15)24-4-2/h5-6,8-9H,3-4,7,10-14H2,1-2H3,(H2,18,19,20). The Bertz CT molecular complexity index is 676. The summed E-state index contributed by atoms with van der Waals surface area (Å²) in [6.45, 7) is 7.39. The molecule has 0 aromatic heterocycles. The maximum atomic E-state index is 11.8.